The van der Waals surface area contributed by atoms with Crippen molar-refractivity contribution in [3.63, 3.8) is 0 Å². The molecule has 0 radical (unpaired) electrons. The van der Waals surface area contributed by atoms with Crippen molar-refractivity contribution in [1.29, 1.82) is 5.26 Å². The summed E-state index contributed by atoms with van der Waals surface area (Å²) >= 11 is 1.60. The number of hydrogen-bond donors (Lipinski definition) is 0. The second kappa shape index (κ2) is 16.4. The maximum Gasteiger partial charge on any atom is 0.151 e. The highest BCUT2D eigenvalue weighted by Gasteiger charge is 2.19. The lowest BCUT2D eigenvalue weighted by Gasteiger charge is -2.28. The lowest BCUT2D eigenvalue weighted by atomic mass is 9.98. The first kappa shape index (κ1) is 33.2. The molecule has 0 amide bonds. The average Bonchev–Trinajstić information content (AvgIpc) is 3.50. The van der Waals surface area contributed by atoms with Crippen molar-refractivity contribution in [2.24, 2.45) is 0 Å². The van der Waals surface area contributed by atoms with Gasteiger partial charge in [0.15, 0.2) is 5.65 Å². The highest BCUT2D eigenvalue weighted by Crippen LogP contribution is 2.39. The van der Waals surface area contributed by atoms with Crippen LogP contribution in [0.15, 0.2) is 96.6 Å². The van der Waals surface area contributed by atoms with Crippen molar-refractivity contribution >= 4 is 28.7 Å². The fourth-order valence-corrected chi connectivity index (χ4v) is 6.62. The predicted octanol–water partition coefficient (Wildman–Crippen LogP) is 8.08. The molecule has 7 nitrogen and oxygen atoms in total. The molecule has 2 aromatic heterocycles. The number of anilines is 1. The van der Waals surface area contributed by atoms with Gasteiger partial charge in [-0.15, -0.1) is 0 Å². The van der Waals surface area contributed by atoms with Crippen molar-refractivity contribution in [2.75, 3.05) is 57.5 Å². The van der Waals surface area contributed by atoms with Crippen LogP contribution in [0.5, 0.6) is 0 Å². The smallest absolute Gasteiger partial charge is 0.151 e. The van der Waals surface area contributed by atoms with Crippen molar-refractivity contribution in [2.45, 2.75) is 27.3 Å². The van der Waals surface area contributed by atoms with Crippen molar-refractivity contribution in [1.82, 2.24) is 13.9 Å². The number of hydrogen-bond acceptors (Lipinski definition) is 7. The third-order valence-corrected chi connectivity index (χ3v) is 9.16. The van der Waals surface area contributed by atoms with E-state index in [9.17, 15) is 5.26 Å². The third kappa shape index (κ3) is 7.63. The molecule has 2 aliphatic heterocycles. The average molecular weight is 634 g/mol. The minimum Gasteiger partial charge on any atom is -0.379 e. The fraction of sp³-hybridized carbons (Fsp3) is 0.316. The lowest BCUT2D eigenvalue weighted by Crippen LogP contribution is -2.36. The zero-order valence-corrected chi connectivity index (χ0v) is 27.9. The summed E-state index contributed by atoms with van der Waals surface area (Å²) in [6.07, 6.45) is 9.82. The molecule has 46 heavy (non-hydrogen) atoms. The van der Waals surface area contributed by atoms with Gasteiger partial charge in [0, 0.05) is 54.9 Å². The first-order chi connectivity index (χ1) is 22.7. The summed E-state index contributed by atoms with van der Waals surface area (Å²) in [5.74, 6) is 0. The van der Waals surface area contributed by atoms with Crippen LogP contribution in [0.3, 0.4) is 0 Å². The maximum atomic E-state index is 10.1. The molecule has 4 heterocycles. The second-order valence-corrected chi connectivity index (χ2v) is 11.8. The quantitative estimate of drug-likeness (QED) is 0.173. The molecular formula is C38H43N5O2S. The van der Waals surface area contributed by atoms with E-state index in [1.54, 1.807) is 11.9 Å². The van der Waals surface area contributed by atoms with Gasteiger partial charge >= 0.3 is 0 Å². The van der Waals surface area contributed by atoms with E-state index in [1.807, 2.05) is 57.3 Å². The van der Waals surface area contributed by atoms with Gasteiger partial charge < -0.3 is 14.4 Å². The molecule has 0 unspecified atom stereocenters. The minimum absolute atomic E-state index is 0.704. The zero-order chi connectivity index (χ0) is 32.3. The number of ether oxygens (including phenoxy) is 2. The second-order valence-electron chi connectivity index (χ2n) is 10.8. The van der Waals surface area contributed by atoms with Crippen LogP contribution in [0.25, 0.3) is 33.4 Å². The first-order valence-electron chi connectivity index (χ1n) is 16.1. The van der Waals surface area contributed by atoms with Crippen LogP contribution in [0.2, 0.25) is 0 Å². The number of benzene rings is 2. The number of nitrogens with zero attached hydrogens (tertiary/aromatic N) is 5. The lowest BCUT2D eigenvalue weighted by molar-refractivity contribution is 0.0341. The van der Waals surface area contributed by atoms with E-state index in [0.29, 0.717) is 5.56 Å². The van der Waals surface area contributed by atoms with E-state index in [0.717, 1.165) is 103 Å². The number of fused-ring (bicyclic) bond motifs is 1. The summed E-state index contributed by atoms with van der Waals surface area (Å²) in [6.45, 7) is 17.4. The van der Waals surface area contributed by atoms with E-state index >= 15 is 0 Å². The van der Waals surface area contributed by atoms with Crippen LogP contribution in [-0.2, 0) is 16.0 Å². The van der Waals surface area contributed by atoms with Gasteiger partial charge in [-0.3, -0.25) is 8.87 Å². The van der Waals surface area contributed by atoms with E-state index in [1.165, 1.54) is 5.69 Å². The molecule has 2 fully saturated rings. The van der Waals surface area contributed by atoms with Gasteiger partial charge in [-0.2, -0.15) is 5.26 Å². The number of nitriles is 1. The molecule has 0 N–H and O–H groups in total. The van der Waals surface area contributed by atoms with Crippen molar-refractivity contribution in [3.05, 3.63) is 108 Å². The SMILES string of the molecule is C=C/C(=C\C=C/C)Sn1c(-c2ccc(N3CCOCC3)cc2)cc2c(-c3ccc(CN4CCOCC4)c(C#N)c3)ccnc21.CC. The van der Waals surface area contributed by atoms with Gasteiger partial charge in [0.1, 0.15) is 0 Å². The summed E-state index contributed by atoms with van der Waals surface area (Å²) in [7, 11) is 0. The highest BCUT2D eigenvalue weighted by atomic mass is 32.2. The van der Waals surface area contributed by atoms with Gasteiger partial charge in [-0.05, 0) is 77.5 Å². The minimum atomic E-state index is 0.704. The predicted molar refractivity (Wildman–Crippen MR) is 192 cm³/mol. The molecule has 6 rings (SSSR count). The Morgan fingerprint density at radius 2 is 1.65 bits per heavy atom. The monoisotopic (exact) mass is 633 g/mol. The van der Waals surface area contributed by atoms with E-state index in [-0.39, 0.29) is 0 Å². The standard InChI is InChI=1S/C36H37N5O2S.C2H6/c1-3-5-6-32(4-2)44-41-35(27-9-11-31(12-10-27)40-17-21-43-22-18-40)24-34-33(13-14-38-36(34)41)28-7-8-29(30(23-28)25-37)26-39-15-19-42-20-16-39;1-2/h3-14,23-24H,2,15-22,26H2,1H3;1-2H3/b5-3-,32-6+;. The molecule has 238 valence electrons. The molecule has 2 saturated heterocycles. The summed E-state index contributed by atoms with van der Waals surface area (Å²) in [4.78, 5) is 10.6. The van der Waals surface area contributed by atoms with Gasteiger partial charge in [-0.25, -0.2) is 4.98 Å². The number of morpholine rings is 2. The third-order valence-electron chi connectivity index (χ3n) is 8.09. The van der Waals surface area contributed by atoms with Crippen LogP contribution in [0.1, 0.15) is 31.9 Å². The van der Waals surface area contributed by atoms with Crippen LogP contribution < -0.4 is 4.90 Å². The molecule has 2 aromatic carbocycles. The van der Waals surface area contributed by atoms with Crippen LogP contribution in [0.4, 0.5) is 5.69 Å². The first-order valence-corrected chi connectivity index (χ1v) is 16.9. The highest BCUT2D eigenvalue weighted by molar-refractivity contribution is 8.02. The Hall–Kier alpha value is -4.13. The van der Waals surface area contributed by atoms with E-state index in [4.69, 9.17) is 14.5 Å². The summed E-state index contributed by atoms with van der Waals surface area (Å²) in [5, 5.41) is 11.1. The Labute approximate surface area is 277 Å². The van der Waals surface area contributed by atoms with E-state index in [2.05, 4.69) is 75.0 Å². The molecule has 4 aromatic rings. The number of allylic oxidation sites excluding steroid dienone is 4. The number of rotatable bonds is 9. The Morgan fingerprint density at radius 1 is 0.957 bits per heavy atom. The summed E-state index contributed by atoms with van der Waals surface area (Å²) < 4.78 is 13.2. The van der Waals surface area contributed by atoms with Gasteiger partial charge in [0.05, 0.1) is 43.8 Å². The fourth-order valence-electron chi connectivity index (χ4n) is 5.70. The largest absolute Gasteiger partial charge is 0.379 e. The molecule has 0 spiro atoms. The number of aromatic nitrogens is 2. The topological polar surface area (TPSA) is 66.5 Å². The van der Waals surface area contributed by atoms with Crippen LogP contribution in [0, 0.1) is 11.3 Å². The molecule has 2 aliphatic rings. The number of pyridine rings is 1. The summed E-state index contributed by atoms with van der Waals surface area (Å²) in [5.41, 5.74) is 8.02. The normalized spacial score (nSPS) is 15.9. The van der Waals surface area contributed by atoms with Gasteiger partial charge in [0.25, 0.3) is 0 Å². The maximum absolute atomic E-state index is 10.1. The van der Waals surface area contributed by atoms with Crippen molar-refractivity contribution in [3.8, 4) is 28.5 Å². The molecule has 0 atom stereocenters. The van der Waals surface area contributed by atoms with Gasteiger partial charge in [0.2, 0.25) is 0 Å². The van der Waals surface area contributed by atoms with Crippen LogP contribution >= 0.6 is 11.9 Å². The Bertz CT molecular complexity index is 1720. The van der Waals surface area contributed by atoms with Gasteiger partial charge in [-0.1, -0.05) is 62.9 Å². The molecule has 0 saturated carbocycles. The van der Waals surface area contributed by atoms with E-state index < -0.39 is 0 Å². The van der Waals surface area contributed by atoms with Crippen LogP contribution in [-0.4, -0.2) is 66.5 Å². The zero-order valence-electron chi connectivity index (χ0n) is 27.1. The van der Waals surface area contributed by atoms with Crippen molar-refractivity contribution < 1.29 is 9.47 Å². The molecule has 0 aliphatic carbocycles. The molecule has 8 heteroatoms. The Balaban J connectivity index is 0.00000204. The molecular weight excluding hydrogens is 591 g/mol. The molecule has 0 bridgehead atoms. The Kier molecular flexibility index (Phi) is 11.9. The Morgan fingerprint density at radius 3 is 2.33 bits per heavy atom. The summed E-state index contributed by atoms with van der Waals surface area (Å²) in [6, 6.07) is 21.7.